The van der Waals surface area contributed by atoms with Crippen LogP contribution in [-0.2, 0) is 31.9 Å². The minimum atomic E-state index is -0.700. The van der Waals surface area contributed by atoms with Crippen LogP contribution in [0, 0.1) is 29.1 Å². The highest BCUT2D eigenvalue weighted by molar-refractivity contribution is 5.87. The molecule has 4 heterocycles. The van der Waals surface area contributed by atoms with E-state index in [4.69, 9.17) is 19.4 Å². The van der Waals surface area contributed by atoms with Crippen LogP contribution in [0.15, 0.2) is 48.8 Å². The third-order valence-electron chi connectivity index (χ3n) is 14.2. The maximum atomic E-state index is 14.0. The number of benzene rings is 2. The summed E-state index contributed by atoms with van der Waals surface area (Å²) in [4.78, 5) is 72.8. The number of carbonyl (C=O) groups excluding carboxylic acids is 4. The first kappa shape index (κ1) is 44.0. The summed E-state index contributed by atoms with van der Waals surface area (Å²) in [6.45, 7) is 13.2. The predicted octanol–water partition coefficient (Wildman–Crippen LogP) is 8.37. The second-order valence-electron chi connectivity index (χ2n) is 19.5. The molecule has 4 aliphatic rings. The highest BCUT2D eigenvalue weighted by Gasteiger charge is 2.44. The number of aromatic amines is 2. The van der Waals surface area contributed by atoms with E-state index in [0.717, 1.165) is 59.8 Å². The summed E-state index contributed by atoms with van der Waals surface area (Å²) in [5, 5.41) is 5.50. The van der Waals surface area contributed by atoms with Gasteiger partial charge in [0.25, 0.3) is 0 Å². The number of hydrogen-bond acceptors (Lipinski definition) is 8. The number of rotatable bonds is 11. The number of methoxy groups -OCH3 is 2. The molecule has 336 valence electrons. The molecule has 4 amide bonds. The summed E-state index contributed by atoms with van der Waals surface area (Å²) in [7, 11) is 2.61. The van der Waals surface area contributed by atoms with Gasteiger partial charge in [-0.05, 0) is 95.4 Å². The zero-order chi connectivity index (χ0) is 44.7. The number of H-pyrrole nitrogens is 2. The number of hydrogen-bond donors (Lipinski definition) is 4. The quantitative estimate of drug-likeness (QED) is 0.116. The number of amides is 4. The number of ether oxygens (including phenoxy) is 2. The summed E-state index contributed by atoms with van der Waals surface area (Å²) in [5.74, 6) is 1.58. The lowest BCUT2D eigenvalue weighted by molar-refractivity contribution is -0.136. The van der Waals surface area contributed by atoms with Gasteiger partial charge < -0.3 is 39.9 Å². The zero-order valence-electron chi connectivity index (χ0n) is 38.0. The molecule has 6 atom stereocenters. The SMILES string of the molecule is COC(=O)NC(C(=O)N1CC(C)CC1c1ncc(-c2ccc(-c3ccc(-c4cnc(C5CC(C)CN5C(=O)C(NC(=O)OC)C(C)C)[nH]4)c4c3CC3(CCCC3)C4)cc2)[nH]1)C(C)C. The second-order valence-corrected chi connectivity index (χ2v) is 19.5. The van der Waals surface area contributed by atoms with Crippen molar-refractivity contribution in [3.05, 3.63) is 71.6 Å². The molecule has 14 nitrogen and oxygen atoms in total. The molecule has 2 aliphatic heterocycles. The lowest BCUT2D eigenvalue weighted by atomic mass is 9.82. The van der Waals surface area contributed by atoms with Crippen LogP contribution in [0.3, 0.4) is 0 Å². The van der Waals surface area contributed by atoms with Crippen LogP contribution in [0.2, 0.25) is 0 Å². The van der Waals surface area contributed by atoms with Crippen LogP contribution in [0.4, 0.5) is 9.59 Å². The molecule has 4 aromatic rings. The first-order valence-corrected chi connectivity index (χ1v) is 22.8. The number of likely N-dealkylation sites (tertiary alicyclic amines) is 2. The van der Waals surface area contributed by atoms with Crippen molar-refractivity contribution in [1.29, 1.82) is 0 Å². The highest BCUT2D eigenvalue weighted by atomic mass is 16.5. The van der Waals surface area contributed by atoms with Crippen LogP contribution in [0.25, 0.3) is 33.6 Å². The van der Waals surface area contributed by atoms with E-state index >= 15 is 0 Å². The van der Waals surface area contributed by atoms with E-state index < -0.39 is 24.3 Å². The third kappa shape index (κ3) is 8.69. The molecule has 63 heavy (non-hydrogen) atoms. The van der Waals surface area contributed by atoms with Crippen LogP contribution in [-0.4, -0.2) is 93.1 Å². The van der Waals surface area contributed by atoms with Gasteiger partial charge in [-0.1, -0.05) is 90.8 Å². The van der Waals surface area contributed by atoms with Gasteiger partial charge in [0.15, 0.2) is 0 Å². The van der Waals surface area contributed by atoms with Gasteiger partial charge >= 0.3 is 12.2 Å². The molecule has 2 aliphatic carbocycles. The van der Waals surface area contributed by atoms with Crippen molar-refractivity contribution in [2.75, 3.05) is 27.3 Å². The zero-order valence-corrected chi connectivity index (χ0v) is 38.0. The topological polar surface area (TPSA) is 175 Å². The molecule has 2 saturated heterocycles. The lowest BCUT2D eigenvalue weighted by Crippen LogP contribution is -2.51. The van der Waals surface area contributed by atoms with Crippen LogP contribution < -0.4 is 10.6 Å². The van der Waals surface area contributed by atoms with Crippen molar-refractivity contribution in [3.63, 3.8) is 0 Å². The Hall–Kier alpha value is -5.66. The lowest BCUT2D eigenvalue weighted by Gasteiger charge is -2.30. The van der Waals surface area contributed by atoms with Crippen LogP contribution >= 0.6 is 0 Å². The minimum Gasteiger partial charge on any atom is -0.453 e. The Morgan fingerprint density at radius 3 is 1.60 bits per heavy atom. The van der Waals surface area contributed by atoms with Gasteiger partial charge in [0, 0.05) is 18.7 Å². The number of alkyl carbamates (subject to hydrolysis) is 2. The van der Waals surface area contributed by atoms with E-state index in [1.807, 2.05) is 49.9 Å². The number of nitrogens with zero attached hydrogens (tertiary/aromatic N) is 4. The van der Waals surface area contributed by atoms with Crippen molar-refractivity contribution < 1.29 is 28.7 Å². The number of nitrogens with one attached hydrogen (secondary N) is 4. The van der Waals surface area contributed by atoms with E-state index in [1.165, 1.54) is 62.2 Å². The fourth-order valence-corrected chi connectivity index (χ4v) is 10.9. The van der Waals surface area contributed by atoms with Gasteiger partial charge in [0.2, 0.25) is 11.8 Å². The van der Waals surface area contributed by atoms with E-state index in [0.29, 0.717) is 13.1 Å². The number of aromatic nitrogens is 4. The summed E-state index contributed by atoms with van der Waals surface area (Å²) < 4.78 is 9.66. The maximum absolute atomic E-state index is 14.0. The van der Waals surface area contributed by atoms with E-state index in [-0.39, 0.29) is 53.0 Å². The molecule has 3 fully saturated rings. The first-order valence-electron chi connectivity index (χ1n) is 22.8. The largest absolute Gasteiger partial charge is 0.453 e. The highest BCUT2D eigenvalue weighted by Crippen LogP contribution is 2.53. The minimum absolute atomic E-state index is 0.114. The first-order chi connectivity index (χ1) is 30.2. The number of carbonyl (C=O) groups is 4. The van der Waals surface area contributed by atoms with Gasteiger partial charge in [0.1, 0.15) is 23.7 Å². The molecule has 14 heteroatoms. The number of fused-ring (bicyclic) bond motifs is 1. The third-order valence-corrected chi connectivity index (χ3v) is 14.2. The van der Waals surface area contributed by atoms with Crippen molar-refractivity contribution in [3.8, 4) is 33.6 Å². The van der Waals surface area contributed by atoms with Crippen molar-refractivity contribution in [1.82, 2.24) is 40.4 Å². The fraction of sp³-hybridized carbons (Fsp3) is 0.551. The van der Waals surface area contributed by atoms with E-state index in [9.17, 15) is 19.2 Å². The number of imidazole rings is 2. The predicted molar refractivity (Wildman–Crippen MR) is 240 cm³/mol. The molecule has 0 bridgehead atoms. The van der Waals surface area contributed by atoms with Crippen molar-refractivity contribution >= 4 is 24.0 Å². The molecule has 1 saturated carbocycles. The Balaban J connectivity index is 1.04. The van der Waals surface area contributed by atoms with Crippen LogP contribution in [0.5, 0.6) is 0 Å². The van der Waals surface area contributed by atoms with Gasteiger partial charge in [-0.2, -0.15) is 0 Å². The molecule has 8 rings (SSSR count). The van der Waals surface area contributed by atoms with Crippen molar-refractivity contribution in [2.24, 2.45) is 29.1 Å². The maximum Gasteiger partial charge on any atom is 0.407 e. The Labute approximate surface area is 370 Å². The molecular weight excluding hydrogens is 797 g/mol. The van der Waals surface area contributed by atoms with Gasteiger partial charge in [-0.15, -0.1) is 0 Å². The Morgan fingerprint density at radius 1 is 0.667 bits per heavy atom. The molecule has 0 radical (unpaired) electrons. The second kappa shape index (κ2) is 17.8. The van der Waals surface area contributed by atoms with Crippen molar-refractivity contribution in [2.45, 2.75) is 117 Å². The smallest absolute Gasteiger partial charge is 0.407 e. The standard InChI is InChI=1S/C49H64N8O6/c1-27(2)41(54-47(60)62-7)45(58)56-25-29(5)19-39(56)43-50-23-37(52-43)32-13-11-31(12-14-32)33-15-16-34(36-22-49(21-35(33)36)17-9-10-18-49)38-24-51-44(53-38)40-20-30(6)26-57(40)46(59)42(28(3)4)55-48(61)63-8/h11-16,23-24,27-30,39-42H,9-10,17-22,25-26H2,1-8H3,(H,50,52)(H,51,53)(H,54,60)(H,55,61). The Kier molecular flexibility index (Phi) is 12.5. The summed E-state index contributed by atoms with van der Waals surface area (Å²) in [6, 6.07) is 11.3. The van der Waals surface area contributed by atoms with E-state index in [1.54, 1.807) is 0 Å². The molecular formula is C49H64N8O6. The Bertz CT molecular complexity index is 2330. The van der Waals surface area contributed by atoms with Gasteiger partial charge in [-0.25, -0.2) is 19.6 Å². The van der Waals surface area contributed by atoms with Crippen LogP contribution in [0.1, 0.15) is 115 Å². The average molecular weight is 861 g/mol. The molecule has 4 N–H and O–H groups in total. The summed E-state index contributed by atoms with van der Waals surface area (Å²) >= 11 is 0. The molecule has 6 unspecified atom stereocenters. The van der Waals surface area contributed by atoms with Gasteiger partial charge in [0.05, 0.1) is 50.1 Å². The van der Waals surface area contributed by atoms with E-state index in [2.05, 4.69) is 70.8 Å². The Morgan fingerprint density at radius 2 is 1.11 bits per heavy atom. The van der Waals surface area contributed by atoms with Gasteiger partial charge in [-0.3, -0.25) is 9.59 Å². The molecule has 2 aromatic carbocycles. The summed E-state index contributed by atoms with van der Waals surface area (Å²) in [6.07, 6.45) is 11.2. The molecule has 2 aromatic heterocycles. The normalized spacial score (nSPS) is 22.4. The summed E-state index contributed by atoms with van der Waals surface area (Å²) in [5.41, 5.74) is 9.49. The fourth-order valence-electron chi connectivity index (χ4n) is 10.9. The molecule has 1 spiro atoms. The average Bonchev–Trinajstić information content (AvgIpc) is 4.14. The monoisotopic (exact) mass is 860 g/mol.